The Hall–Kier alpha value is -2.05. The molecule has 2 fully saturated rings. The molecule has 6 nitrogen and oxygen atoms in total. The second kappa shape index (κ2) is 8.36. The molecule has 3 aliphatic rings. The number of aryl methyl sites for hydroxylation is 1. The van der Waals surface area contributed by atoms with Crippen molar-refractivity contribution in [1.29, 1.82) is 0 Å². The van der Waals surface area contributed by atoms with Crippen LogP contribution >= 0.6 is 0 Å². The predicted molar refractivity (Wildman–Crippen MR) is 115 cm³/mol. The van der Waals surface area contributed by atoms with Crippen LogP contribution in [0, 0.1) is 6.92 Å². The van der Waals surface area contributed by atoms with Gasteiger partial charge in [0.2, 0.25) is 5.95 Å². The second-order valence-corrected chi connectivity index (χ2v) is 8.80. The molecule has 1 saturated heterocycles. The molecule has 0 radical (unpaired) electrons. The van der Waals surface area contributed by atoms with E-state index in [0.717, 1.165) is 82.0 Å². The normalized spacial score (nSPS) is 21.5. The van der Waals surface area contributed by atoms with Crippen LogP contribution in [0.5, 0.6) is 0 Å². The lowest BCUT2D eigenvalue weighted by Gasteiger charge is -2.43. The van der Waals surface area contributed by atoms with Gasteiger partial charge in [-0.15, -0.1) is 0 Å². The number of pyridine rings is 1. The average Bonchev–Trinajstić information content (AvgIpc) is 2.89. The van der Waals surface area contributed by atoms with E-state index in [1.165, 1.54) is 30.5 Å². The highest BCUT2D eigenvalue weighted by molar-refractivity contribution is 5.35. The average molecular weight is 393 g/mol. The van der Waals surface area contributed by atoms with Gasteiger partial charge in [0.1, 0.15) is 0 Å². The van der Waals surface area contributed by atoms with Crippen molar-refractivity contribution in [2.45, 2.75) is 51.6 Å². The molecule has 2 aliphatic heterocycles. The zero-order chi connectivity index (χ0) is 19.6. The SMILES string of the molecule is Cc1cccc(CN2CCc3cnc(N4CCN(C5CCC5)CC4)nc3CC2)n1. The molecule has 0 N–H and O–H groups in total. The zero-order valence-electron chi connectivity index (χ0n) is 17.6. The van der Waals surface area contributed by atoms with Crippen molar-refractivity contribution in [3.05, 3.63) is 47.0 Å². The minimum Gasteiger partial charge on any atom is -0.338 e. The standard InChI is InChI=1S/C23H32N6/c1-18-4-2-5-20(25-18)17-27-10-8-19-16-24-23(26-22(19)9-11-27)29-14-12-28(13-15-29)21-6-3-7-21/h2,4-5,16,21H,3,6-15,17H2,1H3. The molecule has 0 atom stereocenters. The predicted octanol–water partition coefficient (Wildman–Crippen LogP) is 2.46. The van der Waals surface area contributed by atoms with Crippen LogP contribution in [0.3, 0.4) is 0 Å². The molecule has 0 bridgehead atoms. The van der Waals surface area contributed by atoms with E-state index in [1.54, 1.807) is 0 Å². The van der Waals surface area contributed by atoms with Crippen molar-refractivity contribution < 1.29 is 0 Å². The molecule has 4 heterocycles. The molecule has 0 amide bonds. The van der Waals surface area contributed by atoms with Gasteiger partial charge in [0.15, 0.2) is 0 Å². The summed E-state index contributed by atoms with van der Waals surface area (Å²) >= 11 is 0. The Labute approximate surface area is 174 Å². The maximum atomic E-state index is 5.01. The first kappa shape index (κ1) is 18.9. The lowest BCUT2D eigenvalue weighted by Crippen LogP contribution is -2.52. The van der Waals surface area contributed by atoms with Gasteiger partial charge in [-0.25, -0.2) is 9.97 Å². The second-order valence-electron chi connectivity index (χ2n) is 8.80. The Morgan fingerprint density at radius 1 is 0.966 bits per heavy atom. The van der Waals surface area contributed by atoms with Crippen LogP contribution in [0.1, 0.15) is 41.9 Å². The molecule has 154 valence electrons. The Kier molecular flexibility index (Phi) is 5.46. The first-order chi connectivity index (χ1) is 14.2. The minimum absolute atomic E-state index is 0.846. The van der Waals surface area contributed by atoms with Gasteiger partial charge in [-0.3, -0.25) is 14.8 Å². The number of hydrogen-bond acceptors (Lipinski definition) is 6. The third kappa shape index (κ3) is 4.28. The topological polar surface area (TPSA) is 48.4 Å². The Bertz CT molecular complexity index is 841. The number of fused-ring (bicyclic) bond motifs is 1. The van der Waals surface area contributed by atoms with Gasteiger partial charge >= 0.3 is 0 Å². The fraction of sp³-hybridized carbons (Fsp3) is 0.609. The number of hydrogen-bond donors (Lipinski definition) is 0. The van der Waals surface area contributed by atoms with E-state index in [-0.39, 0.29) is 0 Å². The van der Waals surface area contributed by atoms with Gasteiger partial charge in [-0.1, -0.05) is 12.5 Å². The van der Waals surface area contributed by atoms with Crippen LogP contribution in [-0.4, -0.2) is 70.1 Å². The van der Waals surface area contributed by atoms with E-state index < -0.39 is 0 Å². The van der Waals surface area contributed by atoms with Gasteiger partial charge in [0.25, 0.3) is 0 Å². The summed E-state index contributed by atoms with van der Waals surface area (Å²) in [6, 6.07) is 7.14. The lowest BCUT2D eigenvalue weighted by atomic mass is 9.91. The van der Waals surface area contributed by atoms with Gasteiger partial charge < -0.3 is 4.90 Å². The van der Waals surface area contributed by atoms with Crippen LogP contribution in [0.2, 0.25) is 0 Å². The van der Waals surface area contributed by atoms with Crippen molar-refractivity contribution in [2.24, 2.45) is 0 Å². The van der Waals surface area contributed by atoms with Crippen molar-refractivity contribution >= 4 is 5.95 Å². The number of nitrogens with zero attached hydrogens (tertiary/aromatic N) is 6. The van der Waals surface area contributed by atoms with E-state index in [0.29, 0.717) is 0 Å². The van der Waals surface area contributed by atoms with Gasteiger partial charge in [0, 0.05) is 70.2 Å². The molecule has 0 unspecified atom stereocenters. The first-order valence-electron chi connectivity index (χ1n) is 11.2. The maximum absolute atomic E-state index is 5.01. The van der Waals surface area contributed by atoms with Crippen molar-refractivity contribution in [3.8, 4) is 0 Å². The summed E-state index contributed by atoms with van der Waals surface area (Å²) in [5.74, 6) is 0.936. The van der Waals surface area contributed by atoms with Gasteiger partial charge in [-0.05, 0) is 43.9 Å². The van der Waals surface area contributed by atoms with Crippen LogP contribution in [0.25, 0.3) is 0 Å². The van der Waals surface area contributed by atoms with E-state index in [2.05, 4.69) is 51.0 Å². The molecular weight excluding hydrogens is 360 g/mol. The number of rotatable bonds is 4. The molecular formula is C23H32N6. The fourth-order valence-electron chi connectivity index (χ4n) is 4.78. The molecule has 5 rings (SSSR count). The molecule has 1 saturated carbocycles. The largest absolute Gasteiger partial charge is 0.338 e. The molecule has 29 heavy (non-hydrogen) atoms. The Morgan fingerprint density at radius 3 is 2.55 bits per heavy atom. The first-order valence-corrected chi connectivity index (χ1v) is 11.2. The third-order valence-corrected chi connectivity index (χ3v) is 6.82. The Morgan fingerprint density at radius 2 is 1.79 bits per heavy atom. The molecule has 6 heteroatoms. The summed E-state index contributed by atoms with van der Waals surface area (Å²) in [5, 5.41) is 0. The number of anilines is 1. The third-order valence-electron chi connectivity index (χ3n) is 6.82. The van der Waals surface area contributed by atoms with Crippen molar-refractivity contribution in [3.63, 3.8) is 0 Å². The smallest absolute Gasteiger partial charge is 0.225 e. The molecule has 0 aromatic carbocycles. The molecule has 2 aromatic heterocycles. The van der Waals surface area contributed by atoms with Crippen LogP contribution in [0.4, 0.5) is 5.95 Å². The maximum Gasteiger partial charge on any atom is 0.225 e. The fourth-order valence-corrected chi connectivity index (χ4v) is 4.78. The molecule has 2 aromatic rings. The number of piperazine rings is 1. The summed E-state index contributed by atoms with van der Waals surface area (Å²) < 4.78 is 0. The van der Waals surface area contributed by atoms with E-state index in [1.807, 2.05) is 0 Å². The van der Waals surface area contributed by atoms with E-state index in [4.69, 9.17) is 9.97 Å². The summed E-state index contributed by atoms with van der Waals surface area (Å²) in [6.45, 7) is 9.48. The van der Waals surface area contributed by atoms with Crippen LogP contribution in [0.15, 0.2) is 24.4 Å². The van der Waals surface area contributed by atoms with Crippen LogP contribution in [-0.2, 0) is 19.4 Å². The van der Waals surface area contributed by atoms with Crippen molar-refractivity contribution in [1.82, 2.24) is 24.8 Å². The van der Waals surface area contributed by atoms with E-state index >= 15 is 0 Å². The summed E-state index contributed by atoms with van der Waals surface area (Å²) in [4.78, 5) is 22.0. The number of aromatic nitrogens is 3. The Balaban J connectivity index is 1.21. The minimum atomic E-state index is 0.846. The zero-order valence-corrected chi connectivity index (χ0v) is 17.6. The lowest BCUT2D eigenvalue weighted by molar-refractivity contribution is 0.120. The summed E-state index contributed by atoms with van der Waals surface area (Å²) in [7, 11) is 0. The van der Waals surface area contributed by atoms with Gasteiger partial charge in [0.05, 0.1) is 11.4 Å². The monoisotopic (exact) mass is 392 g/mol. The highest BCUT2D eigenvalue weighted by Gasteiger charge is 2.29. The highest BCUT2D eigenvalue weighted by atomic mass is 15.3. The molecule has 1 aliphatic carbocycles. The summed E-state index contributed by atoms with van der Waals surface area (Å²) in [5.41, 5.74) is 4.82. The van der Waals surface area contributed by atoms with Crippen LogP contribution < -0.4 is 4.90 Å². The van der Waals surface area contributed by atoms with Crippen molar-refractivity contribution in [2.75, 3.05) is 44.2 Å². The molecule has 0 spiro atoms. The summed E-state index contributed by atoms with van der Waals surface area (Å²) in [6.07, 6.45) is 8.31. The quantitative estimate of drug-likeness (QED) is 0.797. The highest BCUT2D eigenvalue weighted by Crippen LogP contribution is 2.26. The van der Waals surface area contributed by atoms with Gasteiger partial charge in [-0.2, -0.15) is 0 Å². The van der Waals surface area contributed by atoms with E-state index in [9.17, 15) is 0 Å².